The number of aromatic nitrogens is 4. The molecule has 10 nitrogen and oxygen atoms in total. The zero-order chi connectivity index (χ0) is 21.6. The van der Waals surface area contributed by atoms with Crippen LogP contribution in [0.4, 0.5) is 25.1 Å². The van der Waals surface area contributed by atoms with Gasteiger partial charge in [0.05, 0.1) is 6.54 Å². The molecule has 0 saturated carbocycles. The van der Waals surface area contributed by atoms with E-state index in [1.165, 1.54) is 0 Å². The van der Waals surface area contributed by atoms with Crippen molar-refractivity contribution in [1.82, 2.24) is 24.8 Å². The Hall–Kier alpha value is -3.58. The van der Waals surface area contributed by atoms with Gasteiger partial charge in [-0.3, -0.25) is 14.3 Å². The molecule has 0 unspecified atom stereocenters. The van der Waals surface area contributed by atoms with Crippen molar-refractivity contribution in [2.75, 3.05) is 31.1 Å². The molecule has 13 heteroatoms. The molecule has 2 aromatic rings. The van der Waals surface area contributed by atoms with E-state index in [-0.39, 0.29) is 11.5 Å². The minimum Gasteiger partial charge on any atom is -0.475 e. The fraction of sp³-hybridized carbons (Fsp3) is 0.438. The van der Waals surface area contributed by atoms with Crippen molar-refractivity contribution in [2.45, 2.75) is 19.6 Å². The first-order chi connectivity index (χ1) is 13.7. The van der Waals surface area contributed by atoms with E-state index >= 15 is 0 Å². The Labute approximate surface area is 162 Å². The van der Waals surface area contributed by atoms with Crippen LogP contribution in [0, 0.1) is 18.4 Å². The van der Waals surface area contributed by atoms with E-state index < -0.39 is 12.1 Å². The zero-order valence-electron chi connectivity index (χ0n) is 15.2. The number of anilines is 1. The van der Waals surface area contributed by atoms with Crippen LogP contribution >= 0.6 is 0 Å². The summed E-state index contributed by atoms with van der Waals surface area (Å²) in [5, 5.41) is 10.4. The lowest BCUT2D eigenvalue weighted by atomic mass is 10.4. The van der Waals surface area contributed by atoms with Crippen molar-refractivity contribution >= 4 is 29.0 Å². The van der Waals surface area contributed by atoms with Crippen molar-refractivity contribution < 1.29 is 23.1 Å². The number of aliphatic carboxylic acids is 1. The minimum absolute atomic E-state index is 0.0458. The van der Waals surface area contributed by atoms with Crippen molar-refractivity contribution in [2.24, 2.45) is 0 Å². The van der Waals surface area contributed by atoms with Crippen LogP contribution in [0.2, 0.25) is 0 Å². The predicted octanol–water partition coefficient (Wildman–Crippen LogP) is 0.737. The molecule has 3 heterocycles. The summed E-state index contributed by atoms with van der Waals surface area (Å²) >= 11 is 0. The number of fused-ring (bicyclic) bond motifs is 1. The SMILES string of the molecule is O=C(O)C(F)(F)F.[C-]#[N+]c1nc2nc(N3CCNCC3)n(CC#CC)c2c(=O)[nH]1. The Bertz CT molecular complexity index is 1050. The van der Waals surface area contributed by atoms with Crippen molar-refractivity contribution in [3.05, 3.63) is 21.8 Å². The lowest BCUT2D eigenvalue weighted by Gasteiger charge is -2.28. The van der Waals surface area contributed by atoms with Crippen LogP contribution in [0.3, 0.4) is 0 Å². The number of piperazine rings is 1. The van der Waals surface area contributed by atoms with Crippen molar-refractivity contribution in [3.8, 4) is 11.8 Å². The van der Waals surface area contributed by atoms with Crippen molar-refractivity contribution in [1.29, 1.82) is 0 Å². The monoisotopic (exact) mass is 411 g/mol. The highest BCUT2D eigenvalue weighted by atomic mass is 19.4. The van der Waals surface area contributed by atoms with Crippen LogP contribution in [0.15, 0.2) is 4.79 Å². The fourth-order valence-corrected chi connectivity index (χ4v) is 2.49. The highest BCUT2D eigenvalue weighted by Crippen LogP contribution is 2.20. The summed E-state index contributed by atoms with van der Waals surface area (Å²) in [7, 11) is 0. The number of carbonyl (C=O) groups is 1. The molecule has 0 aliphatic carbocycles. The van der Waals surface area contributed by atoms with Gasteiger partial charge in [-0.25, -0.2) is 4.79 Å². The molecule has 3 rings (SSSR count). The number of hydrogen-bond acceptors (Lipinski definition) is 6. The largest absolute Gasteiger partial charge is 0.490 e. The summed E-state index contributed by atoms with van der Waals surface area (Å²) in [5.74, 6) is 3.68. The quantitative estimate of drug-likeness (QED) is 0.492. The number of aromatic amines is 1. The Kier molecular flexibility index (Phi) is 6.80. The van der Waals surface area contributed by atoms with Crippen LogP contribution < -0.4 is 15.8 Å². The number of carboxylic acid groups (broad SMARTS) is 1. The first-order valence-electron chi connectivity index (χ1n) is 8.22. The van der Waals surface area contributed by atoms with Gasteiger partial charge >= 0.3 is 23.7 Å². The van der Waals surface area contributed by atoms with Crippen LogP contribution in [-0.4, -0.2) is 63.0 Å². The number of nitrogens with zero attached hydrogens (tertiary/aromatic N) is 5. The van der Waals surface area contributed by atoms with Gasteiger partial charge in [0.1, 0.15) is 0 Å². The second-order valence-corrected chi connectivity index (χ2v) is 5.64. The minimum atomic E-state index is -5.08. The molecule has 29 heavy (non-hydrogen) atoms. The summed E-state index contributed by atoms with van der Waals surface area (Å²) < 4.78 is 33.5. The number of halogens is 3. The Balaban J connectivity index is 0.000000370. The molecule has 3 N–H and O–H groups in total. The summed E-state index contributed by atoms with van der Waals surface area (Å²) in [6, 6.07) is 0. The van der Waals surface area contributed by atoms with E-state index in [1.807, 2.05) is 0 Å². The van der Waals surface area contributed by atoms with E-state index in [9.17, 15) is 18.0 Å². The fourth-order valence-electron chi connectivity index (χ4n) is 2.49. The second kappa shape index (κ2) is 9.07. The summed E-state index contributed by atoms with van der Waals surface area (Å²) in [4.78, 5) is 37.5. The Morgan fingerprint density at radius 2 is 1.97 bits per heavy atom. The molecule has 1 aliphatic rings. The number of alkyl halides is 3. The lowest BCUT2D eigenvalue weighted by molar-refractivity contribution is -0.192. The number of nitrogens with one attached hydrogen (secondary N) is 2. The third-order valence-electron chi connectivity index (χ3n) is 3.74. The molecule has 0 radical (unpaired) electrons. The molecule has 0 spiro atoms. The zero-order valence-corrected chi connectivity index (χ0v) is 15.2. The molecule has 0 bridgehead atoms. The van der Waals surface area contributed by atoms with E-state index in [1.54, 1.807) is 11.5 Å². The van der Waals surface area contributed by atoms with E-state index in [0.29, 0.717) is 23.7 Å². The number of H-pyrrole nitrogens is 1. The predicted molar refractivity (Wildman–Crippen MR) is 96.6 cm³/mol. The summed E-state index contributed by atoms with van der Waals surface area (Å²) in [6.07, 6.45) is -5.08. The molecule has 154 valence electrons. The molecular weight excluding hydrogens is 395 g/mol. The third-order valence-corrected chi connectivity index (χ3v) is 3.74. The maximum atomic E-state index is 12.3. The average Bonchev–Trinajstić information content (AvgIpc) is 3.05. The van der Waals surface area contributed by atoms with Gasteiger partial charge in [0.2, 0.25) is 11.6 Å². The van der Waals surface area contributed by atoms with Crippen LogP contribution in [0.5, 0.6) is 0 Å². The molecule has 1 aliphatic heterocycles. The molecule has 0 amide bonds. The number of carboxylic acids is 1. The number of rotatable bonds is 2. The highest BCUT2D eigenvalue weighted by molar-refractivity contribution is 5.75. The van der Waals surface area contributed by atoms with E-state index in [2.05, 4.69) is 41.9 Å². The lowest BCUT2D eigenvalue weighted by Crippen LogP contribution is -2.44. The van der Waals surface area contributed by atoms with E-state index in [0.717, 1.165) is 26.2 Å². The third kappa shape index (κ3) is 5.24. The molecule has 2 aromatic heterocycles. The summed E-state index contributed by atoms with van der Waals surface area (Å²) in [5.41, 5.74) is 0.299. The smallest absolute Gasteiger partial charge is 0.475 e. The normalized spacial score (nSPS) is 13.7. The second-order valence-electron chi connectivity index (χ2n) is 5.64. The summed E-state index contributed by atoms with van der Waals surface area (Å²) in [6.45, 7) is 12.4. The molecular formula is C16H16F3N7O3. The first kappa shape index (κ1) is 21.7. The Morgan fingerprint density at radius 3 is 2.48 bits per heavy atom. The first-order valence-corrected chi connectivity index (χ1v) is 8.22. The molecule has 0 atom stereocenters. The van der Waals surface area contributed by atoms with E-state index in [4.69, 9.17) is 16.5 Å². The van der Waals surface area contributed by atoms with Gasteiger partial charge in [-0.15, -0.1) is 17.5 Å². The molecule has 1 saturated heterocycles. The van der Waals surface area contributed by atoms with Crippen LogP contribution in [0.25, 0.3) is 16.0 Å². The van der Waals surface area contributed by atoms with Crippen LogP contribution in [0.1, 0.15) is 6.92 Å². The maximum absolute atomic E-state index is 12.3. The van der Waals surface area contributed by atoms with Gasteiger partial charge in [-0.1, -0.05) is 5.92 Å². The topological polar surface area (TPSA) is 120 Å². The van der Waals surface area contributed by atoms with Gasteiger partial charge in [-0.05, 0) is 6.92 Å². The standard InChI is InChI=1S/C14H15N7O.C2HF3O2/c1-3-4-7-21-10-11(17-13(15-2)19-12(10)22)18-14(21)20-8-5-16-6-9-20;3-2(4,5)1(6)7/h16H,5-9H2,1H3,(H,17,19,22);(H,6,7). The van der Waals surface area contributed by atoms with Crippen LogP contribution in [-0.2, 0) is 11.3 Å². The van der Waals surface area contributed by atoms with Gasteiger partial charge in [0.15, 0.2) is 5.52 Å². The average molecular weight is 411 g/mol. The number of hydrogen-bond donors (Lipinski definition) is 3. The van der Waals surface area contributed by atoms with Gasteiger partial charge in [0.25, 0.3) is 0 Å². The highest BCUT2D eigenvalue weighted by Gasteiger charge is 2.38. The molecule has 1 fully saturated rings. The number of imidazole rings is 1. The van der Waals surface area contributed by atoms with Gasteiger partial charge in [-0.2, -0.15) is 18.2 Å². The van der Waals surface area contributed by atoms with Gasteiger partial charge < -0.3 is 20.2 Å². The maximum Gasteiger partial charge on any atom is 0.490 e. The Morgan fingerprint density at radius 1 is 1.34 bits per heavy atom. The van der Waals surface area contributed by atoms with Crippen molar-refractivity contribution in [3.63, 3.8) is 0 Å². The van der Waals surface area contributed by atoms with Gasteiger partial charge in [0, 0.05) is 26.2 Å². The molecule has 0 aromatic carbocycles.